The molecule has 0 bridgehead atoms. The first-order valence-corrected chi connectivity index (χ1v) is 4.23. The van der Waals surface area contributed by atoms with E-state index in [1.165, 1.54) is 12.1 Å². The molecule has 0 fully saturated rings. The summed E-state index contributed by atoms with van der Waals surface area (Å²) in [5.74, 6) is -0.244. The van der Waals surface area contributed by atoms with Crippen molar-refractivity contribution >= 4 is 5.69 Å². The molecule has 1 aromatic carbocycles. The number of hydrogen-bond acceptors (Lipinski definition) is 2. The number of anilines is 1. The number of nitrogen functional groups attached to an aromatic ring is 1. The van der Waals surface area contributed by atoms with E-state index in [4.69, 9.17) is 5.73 Å². The molecule has 0 amide bonds. The Balaban J connectivity index is 2.52. The SMILES string of the molecule is Cc1cc(F)ccc1-n1cc(N)cn1. The Morgan fingerprint density at radius 1 is 1.43 bits per heavy atom. The molecule has 2 rings (SSSR count). The minimum atomic E-state index is -0.244. The summed E-state index contributed by atoms with van der Waals surface area (Å²) < 4.78 is 14.4. The summed E-state index contributed by atoms with van der Waals surface area (Å²) in [7, 11) is 0. The molecule has 14 heavy (non-hydrogen) atoms. The summed E-state index contributed by atoms with van der Waals surface area (Å²) in [4.78, 5) is 0. The third kappa shape index (κ3) is 1.46. The fourth-order valence-corrected chi connectivity index (χ4v) is 1.34. The van der Waals surface area contributed by atoms with Crippen LogP contribution in [0.2, 0.25) is 0 Å². The number of hydrogen-bond donors (Lipinski definition) is 1. The molecule has 0 aliphatic carbocycles. The molecule has 0 atom stereocenters. The van der Waals surface area contributed by atoms with E-state index >= 15 is 0 Å². The highest BCUT2D eigenvalue weighted by Gasteiger charge is 2.03. The summed E-state index contributed by atoms with van der Waals surface area (Å²) >= 11 is 0. The van der Waals surface area contributed by atoms with Gasteiger partial charge in [0, 0.05) is 0 Å². The van der Waals surface area contributed by atoms with Gasteiger partial charge in [-0.05, 0) is 30.7 Å². The van der Waals surface area contributed by atoms with Gasteiger partial charge in [0.05, 0.1) is 23.8 Å². The van der Waals surface area contributed by atoms with E-state index in [9.17, 15) is 4.39 Å². The number of rotatable bonds is 1. The Morgan fingerprint density at radius 3 is 2.79 bits per heavy atom. The summed E-state index contributed by atoms with van der Waals surface area (Å²) in [6.45, 7) is 1.83. The fraction of sp³-hybridized carbons (Fsp3) is 0.100. The minimum absolute atomic E-state index is 0.244. The van der Waals surface area contributed by atoms with Crippen molar-refractivity contribution in [1.29, 1.82) is 0 Å². The number of aryl methyl sites for hydroxylation is 1. The van der Waals surface area contributed by atoms with Crippen molar-refractivity contribution in [3.63, 3.8) is 0 Å². The van der Waals surface area contributed by atoms with Gasteiger partial charge in [-0.3, -0.25) is 0 Å². The average Bonchev–Trinajstić information content (AvgIpc) is 2.51. The maximum Gasteiger partial charge on any atom is 0.123 e. The zero-order chi connectivity index (χ0) is 10.1. The van der Waals surface area contributed by atoms with Crippen molar-refractivity contribution in [3.05, 3.63) is 42.0 Å². The molecule has 0 spiro atoms. The molecular weight excluding hydrogens is 181 g/mol. The lowest BCUT2D eigenvalue weighted by Crippen LogP contribution is -1.97. The van der Waals surface area contributed by atoms with Crippen LogP contribution in [0.25, 0.3) is 5.69 Å². The van der Waals surface area contributed by atoms with E-state index in [0.29, 0.717) is 5.69 Å². The minimum Gasteiger partial charge on any atom is -0.396 e. The maximum absolute atomic E-state index is 12.8. The van der Waals surface area contributed by atoms with Gasteiger partial charge in [-0.15, -0.1) is 0 Å². The molecule has 0 saturated heterocycles. The van der Waals surface area contributed by atoms with E-state index in [2.05, 4.69) is 5.10 Å². The fourth-order valence-electron chi connectivity index (χ4n) is 1.34. The zero-order valence-electron chi connectivity index (χ0n) is 7.74. The second-order valence-corrected chi connectivity index (χ2v) is 3.15. The Bertz CT molecular complexity index is 462. The molecule has 0 aliphatic heterocycles. The van der Waals surface area contributed by atoms with Crippen LogP contribution in [0.3, 0.4) is 0 Å². The summed E-state index contributed by atoms with van der Waals surface area (Å²) in [6.07, 6.45) is 3.25. The van der Waals surface area contributed by atoms with Crippen molar-refractivity contribution in [2.45, 2.75) is 6.92 Å². The zero-order valence-corrected chi connectivity index (χ0v) is 7.74. The molecule has 0 radical (unpaired) electrons. The molecule has 2 N–H and O–H groups in total. The van der Waals surface area contributed by atoms with Crippen LogP contribution in [0.15, 0.2) is 30.6 Å². The lowest BCUT2D eigenvalue weighted by Gasteiger charge is -2.04. The van der Waals surface area contributed by atoms with Gasteiger partial charge < -0.3 is 5.73 Å². The van der Waals surface area contributed by atoms with E-state index < -0.39 is 0 Å². The van der Waals surface area contributed by atoms with Gasteiger partial charge >= 0.3 is 0 Å². The smallest absolute Gasteiger partial charge is 0.123 e. The predicted octanol–water partition coefficient (Wildman–Crippen LogP) is 1.90. The summed E-state index contributed by atoms with van der Waals surface area (Å²) in [5, 5.41) is 4.05. The predicted molar refractivity (Wildman–Crippen MR) is 52.7 cm³/mol. The van der Waals surface area contributed by atoms with Crippen LogP contribution in [0.4, 0.5) is 10.1 Å². The van der Waals surface area contributed by atoms with Gasteiger partial charge in [0.2, 0.25) is 0 Å². The number of halogens is 1. The number of nitrogens with zero attached hydrogens (tertiary/aromatic N) is 2. The van der Waals surface area contributed by atoms with Crippen molar-refractivity contribution in [2.75, 3.05) is 5.73 Å². The van der Waals surface area contributed by atoms with Crippen molar-refractivity contribution < 1.29 is 4.39 Å². The van der Waals surface area contributed by atoms with E-state index in [0.717, 1.165) is 11.3 Å². The Morgan fingerprint density at radius 2 is 2.21 bits per heavy atom. The Hall–Kier alpha value is -1.84. The van der Waals surface area contributed by atoms with E-state index in [-0.39, 0.29) is 5.82 Å². The summed E-state index contributed by atoms with van der Waals surface area (Å²) in [5.41, 5.74) is 7.79. The molecule has 0 unspecified atom stereocenters. The lowest BCUT2D eigenvalue weighted by molar-refractivity contribution is 0.625. The van der Waals surface area contributed by atoms with Crippen LogP contribution < -0.4 is 5.73 Å². The Kier molecular flexibility index (Phi) is 1.96. The van der Waals surface area contributed by atoms with Gasteiger partial charge in [0.15, 0.2) is 0 Å². The van der Waals surface area contributed by atoms with Crippen LogP contribution in [0.1, 0.15) is 5.56 Å². The van der Waals surface area contributed by atoms with Crippen LogP contribution in [0, 0.1) is 12.7 Å². The highest BCUT2D eigenvalue weighted by Crippen LogP contribution is 2.15. The van der Waals surface area contributed by atoms with Crippen LogP contribution in [-0.2, 0) is 0 Å². The second kappa shape index (κ2) is 3.14. The first kappa shape index (κ1) is 8.74. The highest BCUT2D eigenvalue weighted by atomic mass is 19.1. The number of aromatic nitrogens is 2. The highest BCUT2D eigenvalue weighted by molar-refractivity contribution is 5.43. The molecular formula is C10H10FN3. The van der Waals surface area contributed by atoms with E-state index in [1.807, 2.05) is 6.92 Å². The van der Waals surface area contributed by atoms with Crippen molar-refractivity contribution in [1.82, 2.24) is 9.78 Å². The van der Waals surface area contributed by atoms with Crippen molar-refractivity contribution in [2.24, 2.45) is 0 Å². The number of benzene rings is 1. The monoisotopic (exact) mass is 191 g/mol. The van der Waals surface area contributed by atoms with Gasteiger partial charge in [-0.25, -0.2) is 9.07 Å². The average molecular weight is 191 g/mol. The Labute approximate surface area is 81.0 Å². The topological polar surface area (TPSA) is 43.8 Å². The molecule has 2 aromatic rings. The molecule has 72 valence electrons. The van der Waals surface area contributed by atoms with E-state index in [1.54, 1.807) is 23.1 Å². The first-order chi connectivity index (χ1) is 6.66. The molecule has 1 aromatic heterocycles. The molecule has 0 saturated carbocycles. The summed E-state index contributed by atoms with van der Waals surface area (Å²) in [6, 6.07) is 4.55. The third-order valence-corrected chi connectivity index (χ3v) is 2.01. The number of nitrogens with two attached hydrogens (primary N) is 1. The largest absolute Gasteiger partial charge is 0.396 e. The molecule has 0 aliphatic rings. The molecule has 1 heterocycles. The van der Waals surface area contributed by atoms with Crippen molar-refractivity contribution in [3.8, 4) is 5.69 Å². The molecule has 4 heteroatoms. The normalized spacial score (nSPS) is 10.4. The van der Waals surface area contributed by atoms with Crippen LogP contribution in [0.5, 0.6) is 0 Å². The van der Waals surface area contributed by atoms with Gasteiger partial charge in [0.25, 0.3) is 0 Å². The van der Waals surface area contributed by atoms with Gasteiger partial charge in [-0.1, -0.05) is 0 Å². The standard InChI is InChI=1S/C10H10FN3/c1-7-4-8(11)2-3-10(7)14-6-9(12)5-13-14/h2-6H,12H2,1H3. The third-order valence-electron chi connectivity index (χ3n) is 2.01. The first-order valence-electron chi connectivity index (χ1n) is 4.23. The van der Waals surface area contributed by atoms with Crippen LogP contribution >= 0.6 is 0 Å². The lowest BCUT2D eigenvalue weighted by atomic mass is 10.2. The maximum atomic E-state index is 12.8. The molecule has 3 nitrogen and oxygen atoms in total. The quantitative estimate of drug-likeness (QED) is 0.748. The van der Waals surface area contributed by atoms with Gasteiger partial charge in [0.1, 0.15) is 5.82 Å². The second-order valence-electron chi connectivity index (χ2n) is 3.15. The van der Waals surface area contributed by atoms with Gasteiger partial charge in [-0.2, -0.15) is 5.10 Å². The van der Waals surface area contributed by atoms with Crippen LogP contribution in [-0.4, -0.2) is 9.78 Å².